The zero-order valence-corrected chi connectivity index (χ0v) is 11.8. The van der Waals surface area contributed by atoms with Crippen molar-refractivity contribution in [2.24, 2.45) is 0 Å². The summed E-state index contributed by atoms with van der Waals surface area (Å²) in [6, 6.07) is 2.03. The predicted molar refractivity (Wildman–Crippen MR) is 74.4 cm³/mol. The first kappa shape index (κ1) is 14.2. The van der Waals surface area contributed by atoms with Gasteiger partial charge in [-0.2, -0.15) is 0 Å². The second kappa shape index (κ2) is 7.40. The lowest BCUT2D eigenvalue weighted by Crippen LogP contribution is -2.11. The molecule has 5 nitrogen and oxygen atoms in total. The topological polar surface area (TPSA) is 56.3 Å². The summed E-state index contributed by atoms with van der Waals surface area (Å²) in [5, 5.41) is 3.31. The van der Waals surface area contributed by atoms with Crippen LogP contribution in [-0.4, -0.2) is 42.4 Å². The van der Waals surface area contributed by atoms with Gasteiger partial charge in [-0.1, -0.05) is 0 Å². The van der Waals surface area contributed by atoms with E-state index in [2.05, 4.69) is 15.3 Å². The minimum atomic E-state index is 0.299. The second-order valence-electron chi connectivity index (χ2n) is 5.09. The summed E-state index contributed by atoms with van der Waals surface area (Å²) in [7, 11) is 0. The normalized spacial score (nSPS) is 19.0. The Bertz CT molecular complexity index is 379. The first-order valence-corrected chi connectivity index (χ1v) is 7.01. The molecule has 19 heavy (non-hydrogen) atoms. The van der Waals surface area contributed by atoms with Gasteiger partial charge in [-0.05, 0) is 26.7 Å². The molecule has 5 heteroatoms. The van der Waals surface area contributed by atoms with E-state index in [-0.39, 0.29) is 0 Å². The fourth-order valence-corrected chi connectivity index (χ4v) is 2.07. The number of rotatable bonds is 7. The molecule has 1 aromatic heterocycles. The Morgan fingerprint density at radius 2 is 2.37 bits per heavy atom. The van der Waals surface area contributed by atoms with Gasteiger partial charge in [0.25, 0.3) is 0 Å². The summed E-state index contributed by atoms with van der Waals surface area (Å²) in [6.07, 6.45) is 3.96. The summed E-state index contributed by atoms with van der Waals surface area (Å²) in [6.45, 7) is 7.35. The molecule has 1 aliphatic heterocycles. The summed E-state index contributed by atoms with van der Waals surface area (Å²) in [4.78, 5) is 8.57. The lowest BCUT2D eigenvalue weighted by atomic mass is 10.1. The summed E-state index contributed by atoms with van der Waals surface area (Å²) >= 11 is 0. The molecule has 0 aromatic carbocycles. The van der Waals surface area contributed by atoms with Gasteiger partial charge < -0.3 is 14.8 Å². The quantitative estimate of drug-likeness (QED) is 0.766. The fourth-order valence-electron chi connectivity index (χ4n) is 2.07. The molecule has 0 radical (unpaired) electrons. The Labute approximate surface area is 114 Å². The Hall–Kier alpha value is -1.20. The van der Waals surface area contributed by atoms with Gasteiger partial charge >= 0.3 is 0 Å². The second-order valence-corrected chi connectivity index (χ2v) is 5.09. The number of hydrogen-bond donors (Lipinski definition) is 1. The van der Waals surface area contributed by atoms with Gasteiger partial charge in [0.2, 0.25) is 0 Å². The van der Waals surface area contributed by atoms with Crippen LogP contribution < -0.4 is 5.32 Å². The maximum absolute atomic E-state index is 5.50. The van der Waals surface area contributed by atoms with Crippen LogP contribution in [0, 0.1) is 0 Å². The monoisotopic (exact) mass is 265 g/mol. The zero-order chi connectivity index (χ0) is 13.5. The molecule has 1 saturated heterocycles. The van der Waals surface area contributed by atoms with E-state index in [4.69, 9.17) is 9.47 Å². The first-order chi connectivity index (χ1) is 9.25. The van der Waals surface area contributed by atoms with E-state index >= 15 is 0 Å². The van der Waals surface area contributed by atoms with Crippen molar-refractivity contribution in [1.29, 1.82) is 0 Å². The molecule has 0 bridgehead atoms. The predicted octanol–water partition coefficient (Wildman–Crippen LogP) is 2.21. The van der Waals surface area contributed by atoms with E-state index in [1.165, 1.54) is 0 Å². The summed E-state index contributed by atoms with van der Waals surface area (Å²) in [5.74, 6) is 1.31. The van der Waals surface area contributed by atoms with Crippen LogP contribution in [0.5, 0.6) is 0 Å². The SMILES string of the molecule is CC(C)OCCCNc1cc([C@@H]2CCOC2)ncn1. The van der Waals surface area contributed by atoms with E-state index in [1.54, 1.807) is 6.33 Å². The van der Waals surface area contributed by atoms with Crippen molar-refractivity contribution in [3.63, 3.8) is 0 Å². The minimum absolute atomic E-state index is 0.299. The number of nitrogens with one attached hydrogen (secondary N) is 1. The number of hydrogen-bond acceptors (Lipinski definition) is 5. The number of nitrogens with zero attached hydrogens (tertiary/aromatic N) is 2. The van der Waals surface area contributed by atoms with Crippen molar-refractivity contribution >= 4 is 5.82 Å². The highest BCUT2D eigenvalue weighted by Gasteiger charge is 2.19. The van der Waals surface area contributed by atoms with Crippen LogP contribution >= 0.6 is 0 Å². The Balaban J connectivity index is 1.75. The van der Waals surface area contributed by atoms with Crippen molar-refractivity contribution in [3.05, 3.63) is 18.1 Å². The highest BCUT2D eigenvalue weighted by molar-refractivity contribution is 5.35. The van der Waals surface area contributed by atoms with Gasteiger partial charge in [0.15, 0.2) is 0 Å². The minimum Gasteiger partial charge on any atom is -0.381 e. The van der Waals surface area contributed by atoms with Gasteiger partial charge in [0, 0.05) is 31.7 Å². The molecular formula is C14H23N3O2. The van der Waals surface area contributed by atoms with E-state index < -0.39 is 0 Å². The largest absolute Gasteiger partial charge is 0.381 e. The molecule has 1 aliphatic rings. The van der Waals surface area contributed by atoms with E-state index in [0.717, 1.165) is 50.7 Å². The molecule has 1 fully saturated rings. The Morgan fingerprint density at radius 3 is 3.11 bits per heavy atom. The van der Waals surface area contributed by atoms with Crippen molar-refractivity contribution in [3.8, 4) is 0 Å². The summed E-state index contributed by atoms with van der Waals surface area (Å²) < 4.78 is 10.9. The van der Waals surface area contributed by atoms with Crippen molar-refractivity contribution in [1.82, 2.24) is 9.97 Å². The lowest BCUT2D eigenvalue weighted by Gasteiger charge is -2.10. The van der Waals surface area contributed by atoms with Gasteiger partial charge in [-0.15, -0.1) is 0 Å². The van der Waals surface area contributed by atoms with Crippen LogP contribution in [0.1, 0.15) is 38.3 Å². The van der Waals surface area contributed by atoms with Crippen molar-refractivity contribution in [2.75, 3.05) is 31.7 Å². The smallest absolute Gasteiger partial charge is 0.129 e. The van der Waals surface area contributed by atoms with Gasteiger partial charge in [0.1, 0.15) is 12.1 Å². The Kier molecular flexibility index (Phi) is 5.54. The molecule has 1 atom stereocenters. The van der Waals surface area contributed by atoms with Crippen molar-refractivity contribution in [2.45, 2.75) is 38.7 Å². The first-order valence-electron chi connectivity index (χ1n) is 7.01. The molecule has 2 rings (SSSR count). The van der Waals surface area contributed by atoms with Crippen LogP contribution in [-0.2, 0) is 9.47 Å². The third kappa shape index (κ3) is 4.76. The highest BCUT2D eigenvalue weighted by Crippen LogP contribution is 2.24. The molecule has 0 aliphatic carbocycles. The van der Waals surface area contributed by atoms with Crippen LogP contribution in [0.15, 0.2) is 12.4 Å². The van der Waals surface area contributed by atoms with E-state index in [0.29, 0.717) is 12.0 Å². The molecule has 2 heterocycles. The maximum Gasteiger partial charge on any atom is 0.129 e. The molecule has 0 spiro atoms. The molecule has 0 saturated carbocycles. The molecule has 0 amide bonds. The molecule has 0 unspecified atom stereocenters. The van der Waals surface area contributed by atoms with E-state index in [9.17, 15) is 0 Å². The van der Waals surface area contributed by atoms with Gasteiger partial charge in [-0.25, -0.2) is 9.97 Å². The molecule has 1 N–H and O–H groups in total. The average molecular weight is 265 g/mol. The molecule has 1 aromatic rings. The Morgan fingerprint density at radius 1 is 1.47 bits per heavy atom. The molecular weight excluding hydrogens is 242 g/mol. The zero-order valence-electron chi connectivity index (χ0n) is 11.8. The van der Waals surface area contributed by atoms with Gasteiger partial charge in [-0.3, -0.25) is 0 Å². The number of anilines is 1. The number of ether oxygens (including phenoxy) is 2. The third-order valence-corrected chi connectivity index (χ3v) is 3.11. The van der Waals surface area contributed by atoms with Crippen LogP contribution in [0.2, 0.25) is 0 Å². The maximum atomic E-state index is 5.50. The van der Waals surface area contributed by atoms with Gasteiger partial charge in [0.05, 0.1) is 18.4 Å². The third-order valence-electron chi connectivity index (χ3n) is 3.11. The lowest BCUT2D eigenvalue weighted by molar-refractivity contribution is 0.0787. The average Bonchev–Trinajstić information content (AvgIpc) is 2.92. The van der Waals surface area contributed by atoms with Crippen LogP contribution in [0.25, 0.3) is 0 Å². The number of aromatic nitrogens is 2. The van der Waals surface area contributed by atoms with Crippen LogP contribution in [0.3, 0.4) is 0 Å². The fraction of sp³-hybridized carbons (Fsp3) is 0.714. The highest BCUT2D eigenvalue weighted by atomic mass is 16.5. The molecule has 106 valence electrons. The van der Waals surface area contributed by atoms with Crippen LogP contribution in [0.4, 0.5) is 5.82 Å². The summed E-state index contributed by atoms with van der Waals surface area (Å²) in [5.41, 5.74) is 1.08. The van der Waals surface area contributed by atoms with Crippen molar-refractivity contribution < 1.29 is 9.47 Å². The standard InChI is InChI=1S/C14H23N3O2/c1-11(2)19-6-3-5-15-14-8-13(16-10-17-14)12-4-7-18-9-12/h8,10-12H,3-7,9H2,1-2H3,(H,15,16,17)/t12-/m1/s1. The van der Waals surface area contributed by atoms with E-state index in [1.807, 2.05) is 19.9 Å².